The number of benzene rings is 3. The van der Waals surface area contributed by atoms with Crippen LogP contribution in [0.4, 0.5) is 5.69 Å². The molecule has 3 unspecified atom stereocenters. The average molecular weight is 650 g/mol. The Bertz CT molecular complexity index is 1710. The van der Waals surface area contributed by atoms with Gasteiger partial charge in [0.15, 0.2) is 0 Å². The number of rotatable bonds is 13. The van der Waals surface area contributed by atoms with E-state index in [-0.39, 0.29) is 36.8 Å². The quantitative estimate of drug-likeness (QED) is 0.251. The fourth-order valence-corrected chi connectivity index (χ4v) is 8.72. The van der Waals surface area contributed by atoms with E-state index in [2.05, 4.69) is 20.1 Å². The fourth-order valence-electron chi connectivity index (χ4n) is 8.72. The highest BCUT2D eigenvalue weighted by molar-refractivity contribution is 6.06. The maximum atomic E-state index is 15.3. The number of carbonyl (C=O) groups is 3. The van der Waals surface area contributed by atoms with Gasteiger partial charge in [-0.05, 0) is 60.6 Å². The summed E-state index contributed by atoms with van der Waals surface area (Å²) in [6.45, 7) is 14.6. The molecule has 252 valence electrons. The number of fused-ring (bicyclic) bond motifs is 2. The predicted octanol–water partition coefficient (Wildman–Crippen LogP) is 5.40. The van der Waals surface area contributed by atoms with Crippen LogP contribution < -0.4 is 4.90 Å². The lowest BCUT2D eigenvalue weighted by molar-refractivity contribution is -0.153. The lowest BCUT2D eigenvalue weighted by Gasteiger charge is -2.39. The molecule has 3 saturated heterocycles. The molecular weight excluding hydrogens is 602 g/mol. The highest BCUT2D eigenvalue weighted by Crippen LogP contribution is 2.66. The molecule has 0 saturated carbocycles. The molecule has 1 spiro atoms. The van der Waals surface area contributed by atoms with Gasteiger partial charge in [0.25, 0.3) is 5.91 Å². The van der Waals surface area contributed by atoms with Crippen LogP contribution in [0.5, 0.6) is 0 Å². The van der Waals surface area contributed by atoms with Gasteiger partial charge in [-0.3, -0.25) is 14.4 Å². The van der Waals surface area contributed by atoms with Crippen molar-refractivity contribution in [2.75, 3.05) is 31.1 Å². The average Bonchev–Trinajstić information content (AvgIpc) is 3.61. The van der Waals surface area contributed by atoms with Gasteiger partial charge in [-0.25, -0.2) is 0 Å². The van der Waals surface area contributed by atoms with Crippen molar-refractivity contribution >= 4 is 34.2 Å². The molecule has 0 radical (unpaired) electrons. The number of likely N-dealkylation sites (tertiary alicyclic amines) is 1. The summed E-state index contributed by atoms with van der Waals surface area (Å²) in [4.78, 5) is 49.8. The Balaban J connectivity index is 1.50. The molecule has 3 heterocycles. The molecule has 1 N–H and O–H groups in total. The number of aliphatic hydroxyl groups excluding tert-OH is 1. The Morgan fingerprint density at radius 1 is 1.02 bits per heavy atom. The summed E-state index contributed by atoms with van der Waals surface area (Å²) < 4.78 is 7.05. The fraction of sp³-hybridized carbons (Fsp3) is 0.425. The number of hydrogen-bond donors (Lipinski definition) is 1. The Morgan fingerprint density at radius 2 is 1.71 bits per heavy atom. The van der Waals surface area contributed by atoms with Gasteiger partial charge in [-0.2, -0.15) is 0 Å². The van der Waals surface area contributed by atoms with Crippen molar-refractivity contribution in [3.63, 3.8) is 0 Å². The van der Waals surface area contributed by atoms with Gasteiger partial charge in [0.1, 0.15) is 11.6 Å². The number of carbonyl (C=O) groups excluding carboxylic acids is 3. The van der Waals surface area contributed by atoms with Crippen LogP contribution in [0.15, 0.2) is 98.1 Å². The molecule has 0 aliphatic carbocycles. The zero-order valence-corrected chi connectivity index (χ0v) is 28.3. The Kier molecular flexibility index (Phi) is 9.33. The van der Waals surface area contributed by atoms with Crippen molar-refractivity contribution in [1.29, 1.82) is 0 Å². The van der Waals surface area contributed by atoms with Crippen LogP contribution in [0.1, 0.15) is 39.2 Å². The molecule has 3 aliphatic rings. The lowest BCUT2D eigenvalue weighted by atomic mass is 9.62. The zero-order chi connectivity index (χ0) is 34.2. The molecule has 3 fully saturated rings. The standard InChI is InChI=1S/C40H47N3O5/c1-6-20-41(21-7-2)36(45)33-34-37(46)43(32(26-44)23-28-14-10-9-11-15-28)35(40(34)25-27(4)39(33,5)48-40)38(47)42(22-8-3)31-19-18-29-16-12-13-17-30(29)24-31/h6,8-19,24,27,32-35,44H,1,3,7,20-23,25-26H2,2,4-5H3/t27?,32-,33+,34+,35?,39-,40?/m1/s1. The molecule has 3 aliphatic heterocycles. The van der Waals surface area contributed by atoms with Gasteiger partial charge in [-0.15, -0.1) is 13.2 Å². The first-order valence-electron chi connectivity index (χ1n) is 17.1. The number of ether oxygens (including phenoxy) is 1. The third-order valence-corrected chi connectivity index (χ3v) is 10.9. The molecule has 2 bridgehead atoms. The molecule has 48 heavy (non-hydrogen) atoms. The SMILES string of the molecule is C=CCN(CCC)C(=O)[C@@H]1[C@H]2C(=O)N([C@@H](CO)Cc3ccccc3)C(C(=O)N(CC=C)c3ccc4ccccc4c3)C23CC(C)[C@@]1(C)O3. The van der Waals surface area contributed by atoms with E-state index in [0.29, 0.717) is 31.6 Å². The summed E-state index contributed by atoms with van der Waals surface area (Å²) in [5, 5.41) is 12.9. The molecule has 6 rings (SSSR count). The Labute approximate surface area is 283 Å². The van der Waals surface area contributed by atoms with Crippen molar-refractivity contribution in [2.24, 2.45) is 17.8 Å². The normalized spacial score (nSPS) is 27.9. The molecule has 7 atom stereocenters. The summed E-state index contributed by atoms with van der Waals surface area (Å²) in [5.41, 5.74) is -0.597. The van der Waals surface area contributed by atoms with E-state index in [1.54, 1.807) is 26.9 Å². The van der Waals surface area contributed by atoms with Crippen LogP contribution in [0, 0.1) is 17.8 Å². The van der Waals surface area contributed by atoms with Crippen molar-refractivity contribution < 1.29 is 24.2 Å². The smallest absolute Gasteiger partial charge is 0.253 e. The van der Waals surface area contributed by atoms with E-state index in [9.17, 15) is 9.90 Å². The third kappa shape index (κ3) is 5.35. The summed E-state index contributed by atoms with van der Waals surface area (Å²) >= 11 is 0. The number of amides is 3. The monoisotopic (exact) mass is 649 g/mol. The minimum Gasteiger partial charge on any atom is -0.394 e. The molecule has 8 nitrogen and oxygen atoms in total. The Morgan fingerprint density at radius 3 is 2.38 bits per heavy atom. The molecule has 3 aromatic rings. The first-order valence-corrected chi connectivity index (χ1v) is 17.1. The van der Waals surface area contributed by atoms with Gasteiger partial charge in [0.05, 0.1) is 30.1 Å². The first kappa shape index (κ1) is 33.6. The minimum absolute atomic E-state index is 0.104. The second-order valence-corrected chi connectivity index (χ2v) is 13.8. The van der Waals surface area contributed by atoms with Crippen LogP contribution in [-0.4, -0.2) is 82.2 Å². The number of nitrogens with zero attached hydrogens (tertiary/aromatic N) is 3. The minimum atomic E-state index is -1.25. The number of aliphatic hydroxyl groups is 1. The van der Waals surface area contributed by atoms with Crippen molar-refractivity contribution in [1.82, 2.24) is 9.80 Å². The van der Waals surface area contributed by atoms with Gasteiger partial charge >= 0.3 is 0 Å². The van der Waals surface area contributed by atoms with Crippen molar-refractivity contribution in [2.45, 2.75) is 63.3 Å². The van der Waals surface area contributed by atoms with Crippen molar-refractivity contribution in [3.05, 3.63) is 104 Å². The first-order chi connectivity index (χ1) is 23.1. The highest BCUT2D eigenvalue weighted by Gasteiger charge is 2.80. The van der Waals surface area contributed by atoms with E-state index in [1.807, 2.05) is 86.6 Å². The number of hydrogen-bond acceptors (Lipinski definition) is 5. The van der Waals surface area contributed by atoms with Crippen LogP contribution in [0.2, 0.25) is 0 Å². The molecule has 3 amide bonds. The van der Waals surface area contributed by atoms with E-state index >= 15 is 9.59 Å². The second-order valence-electron chi connectivity index (χ2n) is 13.8. The van der Waals surface area contributed by atoms with Crippen LogP contribution >= 0.6 is 0 Å². The van der Waals surface area contributed by atoms with Gasteiger partial charge in [-0.1, -0.05) is 86.7 Å². The van der Waals surface area contributed by atoms with Gasteiger partial charge in [0, 0.05) is 25.3 Å². The van der Waals surface area contributed by atoms with Crippen LogP contribution in [0.3, 0.4) is 0 Å². The second kappa shape index (κ2) is 13.3. The van der Waals surface area contributed by atoms with Gasteiger partial charge in [0.2, 0.25) is 11.8 Å². The van der Waals surface area contributed by atoms with Crippen LogP contribution in [0.25, 0.3) is 10.8 Å². The molecule has 3 aromatic carbocycles. The number of anilines is 1. The maximum absolute atomic E-state index is 15.3. The van der Waals surface area contributed by atoms with E-state index < -0.39 is 35.1 Å². The van der Waals surface area contributed by atoms with E-state index in [1.165, 1.54) is 0 Å². The molecule has 0 aromatic heterocycles. The summed E-state index contributed by atoms with van der Waals surface area (Å²) in [5.74, 6) is -2.55. The van der Waals surface area contributed by atoms with E-state index in [0.717, 1.165) is 22.8 Å². The third-order valence-electron chi connectivity index (χ3n) is 10.9. The zero-order valence-electron chi connectivity index (χ0n) is 28.3. The maximum Gasteiger partial charge on any atom is 0.253 e. The summed E-state index contributed by atoms with van der Waals surface area (Å²) in [7, 11) is 0. The van der Waals surface area contributed by atoms with E-state index in [4.69, 9.17) is 4.74 Å². The molecular formula is C40H47N3O5. The van der Waals surface area contributed by atoms with Crippen molar-refractivity contribution in [3.8, 4) is 0 Å². The summed E-state index contributed by atoms with van der Waals surface area (Å²) in [6, 6.07) is 21.7. The predicted molar refractivity (Wildman–Crippen MR) is 188 cm³/mol. The lowest BCUT2D eigenvalue weighted by Crippen LogP contribution is -2.59. The highest BCUT2D eigenvalue weighted by atomic mass is 16.5. The topological polar surface area (TPSA) is 90.4 Å². The van der Waals surface area contributed by atoms with Gasteiger partial charge < -0.3 is 24.5 Å². The summed E-state index contributed by atoms with van der Waals surface area (Å²) in [6.07, 6.45) is 4.92. The largest absolute Gasteiger partial charge is 0.394 e. The van der Waals surface area contributed by atoms with Crippen LogP contribution in [-0.2, 0) is 25.5 Å². The molecule has 8 heteroatoms. The Hall–Kier alpha value is -4.27.